The molecule has 2 aromatic rings. The molecular weight excluding hydrogens is 304 g/mol. The minimum atomic E-state index is -0.484. The lowest BCUT2D eigenvalue weighted by atomic mass is 10.00. The summed E-state index contributed by atoms with van der Waals surface area (Å²) in [7, 11) is 1.86. The monoisotopic (exact) mass is 326 g/mol. The van der Waals surface area contributed by atoms with Gasteiger partial charge in [-0.1, -0.05) is 30.8 Å². The molecule has 2 N–H and O–H groups in total. The normalized spacial score (nSPS) is 18.0. The molecule has 1 saturated heterocycles. The zero-order valence-corrected chi connectivity index (χ0v) is 13.9. The van der Waals surface area contributed by atoms with Crippen molar-refractivity contribution >= 4 is 11.5 Å². The second-order valence-corrected chi connectivity index (χ2v) is 6.13. The molecule has 1 fully saturated rings. The Morgan fingerprint density at radius 3 is 2.75 bits per heavy atom. The van der Waals surface area contributed by atoms with Crippen molar-refractivity contribution in [1.29, 1.82) is 0 Å². The Balaban J connectivity index is 1.67. The molecule has 0 spiro atoms. The van der Waals surface area contributed by atoms with E-state index >= 15 is 0 Å². The van der Waals surface area contributed by atoms with E-state index in [1.807, 2.05) is 19.2 Å². The molecule has 0 bridgehead atoms. The van der Waals surface area contributed by atoms with Gasteiger partial charge in [0, 0.05) is 31.6 Å². The average Bonchev–Trinajstić information content (AvgIpc) is 3.21. The van der Waals surface area contributed by atoms with Crippen molar-refractivity contribution in [3.63, 3.8) is 0 Å². The number of likely N-dealkylation sites (tertiary alicyclic amines) is 1. The maximum absolute atomic E-state index is 11.2. The van der Waals surface area contributed by atoms with Gasteiger partial charge in [-0.15, -0.1) is 5.10 Å². The first-order valence-corrected chi connectivity index (χ1v) is 8.10. The van der Waals surface area contributed by atoms with E-state index in [1.165, 1.54) is 12.0 Å². The lowest BCUT2D eigenvalue weighted by Gasteiger charge is -2.24. The van der Waals surface area contributed by atoms with Crippen LogP contribution in [0, 0.1) is 0 Å². The van der Waals surface area contributed by atoms with E-state index in [0.717, 1.165) is 37.3 Å². The van der Waals surface area contributed by atoms with Crippen LogP contribution in [0.4, 0.5) is 0 Å². The summed E-state index contributed by atoms with van der Waals surface area (Å²) in [6, 6.07) is 8.37. The minimum Gasteiger partial charge on any atom is -0.366 e. The van der Waals surface area contributed by atoms with E-state index in [0.29, 0.717) is 11.6 Å². The molecular formula is C17H22N6O. The Morgan fingerprint density at radius 1 is 1.38 bits per heavy atom. The molecule has 1 aromatic heterocycles. The first-order valence-electron chi connectivity index (χ1n) is 8.10. The number of hydrogen-bond donors (Lipinski definition) is 1. The van der Waals surface area contributed by atoms with Gasteiger partial charge in [-0.05, 0) is 40.9 Å². The van der Waals surface area contributed by atoms with E-state index in [9.17, 15) is 4.79 Å². The topological polar surface area (TPSA) is 89.9 Å². The molecule has 1 aromatic carbocycles. The summed E-state index contributed by atoms with van der Waals surface area (Å²) in [6.07, 6.45) is 3.14. The summed E-state index contributed by atoms with van der Waals surface area (Å²) in [6.45, 7) is 5.73. The molecule has 3 rings (SSSR count). The van der Waals surface area contributed by atoms with Crippen molar-refractivity contribution in [3.05, 3.63) is 47.8 Å². The zero-order valence-electron chi connectivity index (χ0n) is 13.9. The Bertz CT molecular complexity index is 736. The molecule has 7 nitrogen and oxygen atoms in total. The molecule has 1 amide bonds. The standard InChI is InChI=1S/C17H22N6O/c1-12(17(18)24)13-5-7-14(8-6-13)15-4-3-10-23(15)11-9-16-19-20-21-22(16)2/h5-8,15H,1,3-4,9-11H2,2H3,(H2,18,24). The summed E-state index contributed by atoms with van der Waals surface area (Å²) >= 11 is 0. The quantitative estimate of drug-likeness (QED) is 0.803. The summed E-state index contributed by atoms with van der Waals surface area (Å²) in [5.74, 6) is 0.413. The fourth-order valence-corrected chi connectivity index (χ4v) is 3.22. The predicted molar refractivity (Wildman–Crippen MR) is 90.7 cm³/mol. The van der Waals surface area contributed by atoms with Crippen molar-refractivity contribution in [3.8, 4) is 0 Å². The minimum absolute atomic E-state index is 0.347. The summed E-state index contributed by atoms with van der Waals surface area (Å²) in [4.78, 5) is 13.7. The zero-order chi connectivity index (χ0) is 17.1. The van der Waals surface area contributed by atoms with Gasteiger partial charge in [0.25, 0.3) is 0 Å². The number of carbonyl (C=O) groups is 1. The smallest absolute Gasteiger partial charge is 0.248 e. The van der Waals surface area contributed by atoms with Crippen LogP contribution in [0.25, 0.3) is 5.57 Å². The van der Waals surface area contributed by atoms with E-state index in [4.69, 9.17) is 5.73 Å². The molecule has 1 aliphatic heterocycles. The molecule has 1 aliphatic rings. The third-order valence-electron chi connectivity index (χ3n) is 4.64. The SMILES string of the molecule is C=C(C(N)=O)c1ccc(C2CCCN2CCc2nnnn2C)cc1. The van der Waals surface area contributed by atoms with E-state index in [-0.39, 0.29) is 0 Å². The van der Waals surface area contributed by atoms with Crippen LogP contribution < -0.4 is 5.73 Å². The molecule has 7 heteroatoms. The number of aromatic nitrogens is 4. The molecule has 126 valence electrons. The Morgan fingerprint density at radius 2 is 2.12 bits per heavy atom. The van der Waals surface area contributed by atoms with Crippen LogP contribution in [-0.2, 0) is 18.3 Å². The van der Waals surface area contributed by atoms with Crippen LogP contribution in [0.2, 0.25) is 0 Å². The first-order chi connectivity index (χ1) is 11.6. The number of carbonyl (C=O) groups excluding carboxylic acids is 1. The highest BCUT2D eigenvalue weighted by Gasteiger charge is 2.26. The van der Waals surface area contributed by atoms with Crippen molar-refractivity contribution in [1.82, 2.24) is 25.1 Å². The number of primary amides is 1. The summed E-state index contributed by atoms with van der Waals surface area (Å²) < 4.78 is 1.72. The Kier molecular flexibility index (Phi) is 4.71. The lowest BCUT2D eigenvalue weighted by Crippen LogP contribution is -2.26. The molecule has 0 saturated carbocycles. The van der Waals surface area contributed by atoms with Crippen LogP contribution in [0.1, 0.15) is 35.8 Å². The maximum atomic E-state index is 11.2. The molecule has 1 atom stereocenters. The molecule has 0 aliphatic carbocycles. The highest BCUT2D eigenvalue weighted by molar-refractivity contribution is 6.17. The van der Waals surface area contributed by atoms with Crippen LogP contribution in [0.5, 0.6) is 0 Å². The van der Waals surface area contributed by atoms with Crippen LogP contribution in [-0.4, -0.2) is 44.1 Å². The van der Waals surface area contributed by atoms with Crippen molar-refractivity contribution in [2.45, 2.75) is 25.3 Å². The molecule has 2 heterocycles. The number of amides is 1. The van der Waals surface area contributed by atoms with Crippen LogP contribution in [0.3, 0.4) is 0 Å². The third-order valence-corrected chi connectivity index (χ3v) is 4.64. The average molecular weight is 326 g/mol. The largest absolute Gasteiger partial charge is 0.366 e. The highest BCUT2D eigenvalue weighted by atomic mass is 16.1. The fraction of sp³-hybridized carbons (Fsp3) is 0.412. The van der Waals surface area contributed by atoms with Gasteiger partial charge in [0.15, 0.2) is 5.82 Å². The fourth-order valence-electron chi connectivity index (χ4n) is 3.22. The summed E-state index contributed by atoms with van der Waals surface area (Å²) in [5, 5.41) is 11.6. The number of rotatable bonds is 6. The van der Waals surface area contributed by atoms with E-state index in [2.05, 4.69) is 39.1 Å². The van der Waals surface area contributed by atoms with Crippen molar-refractivity contribution in [2.24, 2.45) is 12.8 Å². The number of hydrogen-bond acceptors (Lipinski definition) is 5. The van der Waals surface area contributed by atoms with Gasteiger partial charge < -0.3 is 5.73 Å². The maximum Gasteiger partial charge on any atom is 0.248 e. The number of benzene rings is 1. The van der Waals surface area contributed by atoms with Gasteiger partial charge in [-0.25, -0.2) is 4.68 Å². The predicted octanol–water partition coefficient (Wildman–Crippen LogP) is 1.09. The van der Waals surface area contributed by atoms with E-state index < -0.39 is 5.91 Å². The number of nitrogens with zero attached hydrogens (tertiary/aromatic N) is 5. The van der Waals surface area contributed by atoms with Gasteiger partial charge in [-0.2, -0.15) is 0 Å². The van der Waals surface area contributed by atoms with Gasteiger partial charge in [0.05, 0.1) is 0 Å². The number of tetrazole rings is 1. The van der Waals surface area contributed by atoms with Gasteiger partial charge in [0.1, 0.15) is 0 Å². The number of aryl methyl sites for hydroxylation is 1. The van der Waals surface area contributed by atoms with Crippen molar-refractivity contribution < 1.29 is 4.79 Å². The summed E-state index contributed by atoms with van der Waals surface area (Å²) in [5.41, 5.74) is 7.66. The van der Waals surface area contributed by atoms with Gasteiger partial charge in [0.2, 0.25) is 5.91 Å². The first kappa shape index (κ1) is 16.3. The van der Waals surface area contributed by atoms with Gasteiger partial charge in [-0.3, -0.25) is 9.69 Å². The van der Waals surface area contributed by atoms with Crippen molar-refractivity contribution in [2.75, 3.05) is 13.1 Å². The highest BCUT2D eigenvalue weighted by Crippen LogP contribution is 2.32. The number of nitrogens with two attached hydrogens (primary N) is 1. The van der Waals surface area contributed by atoms with Crippen LogP contribution in [0.15, 0.2) is 30.8 Å². The Labute approximate surface area is 141 Å². The molecule has 24 heavy (non-hydrogen) atoms. The second kappa shape index (κ2) is 6.92. The Hall–Kier alpha value is -2.54. The van der Waals surface area contributed by atoms with Crippen LogP contribution >= 0.6 is 0 Å². The second-order valence-electron chi connectivity index (χ2n) is 6.13. The van der Waals surface area contributed by atoms with E-state index in [1.54, 1.807) is 4.68 Å². The third kappa shape index (κ3) is 3.35. The molecule has 0 radical (unpaired) electrons. The lowest BCUT2D eigenvalue weighted by molar-refractivity contribution is -0.112. The van der Waals surface area contributed by atoms with Gasteiger partial charge >= 0.3 is 0 Å². The molecule has 1 unspecified atom stereocenters.